The van der Waals surface area contributed by atoms with Crippen molar-refractivity contribution in [2.75, 3.05) is 26.7 Å². The number of rotatable bonds is 6. The number of aromatic nitrogens is 2. The highest BCUT2D eigenvalue weighted by Gasteiger charge is 2.23. The first-order chi connectivity index (χ1) is 13.5. The third kappa shape index (κ3) is 5.45. The highest BCUT2D eigenvalue weighted by Crippen LogP contribution is 2.18. The molecule has 28 heavy (non-hydrogen) atoms. The molecule has 0 radical (unpaired) electrons. The number of guanidine groups is 1. The highest BCUT2D eigenvalue weighted by atomic mass is 35.5. The first kappa shape index (κ1) is 20.1. The van der Waals surface area contributed by atoms with Crippen molar-refractivity contribution in [3.8, 4) is 11.4 Å². The summed E-state index contributed by atoms with van der Waals surface area (Å²) in [6.45, 7) is 3.97. The van der Waals surface area contributed by atoms with Crippen molar-refractivity contribution in [1.82, 2.24) is 25.7 Å². The van der Waals surface area contributed by atoms with E-state index in [-0.39, 0.29) is 11.9 Å². The number of halogens is 1. The first-order valence-corrected chi connectivity index (χ1v) is 9.80. The molecular formula is C19H25ClN6O2. The average molecular weight is 405 g/mol. The topological polar surface area (TPSA) is 95.6 Å². The molecule has 1 aromatic heterocycles. The maximum atomic E-state index is 11.6. The van der Waals surface area contributed by atoms with Gasteiger partial charge in [0.05, 0.1) is 6.54 Å². The maximum Gasteiger partial charge on any atom is 0.228 e. The van der Waals surface area contributed by atoms with Crippen molar-refractivity contribution in [1.29, 1.82) is 0 Å². The molecule has 8 nitrogen and oxygen atoms in total. The third-order valence-corrected chi connectivity index (χ3v) is 4.73. The Kier molecular flexibility index (Phi) is 6.86. The summed E-state index contributed by atoms with van der Waals surface area (Å²) in [4.78, 5) is 22.4. The monoisotopic (exact) mass is 404 g/mol. The van der Waals surface area contributed by atoms with Crippen LogP contribution in [-0.4, -0.2) is 59.6 Å². The summed E-state index contributed by atoms with van der Waals surface area (Å²) >= 11 is 5.90. The molecule has 0 spiro atoms. The maximum absolute atomic E-state index is 11.6. The molecule has 0 aliphatic carbocycles. The SMILES string of the molecule is CCNC(=NCCc1nc(-c2ccc(Cl)cc2)no1)NC1CCC(=O)N(C)C1. The zero-order chi connectivity index (χ0) is 19.9. The Morgan fingerprint density at radius 3 is 2.89 bits per heavy atom. The Morgan fingerprint density at radius 1 is 1.39 bits per heavy atom. The smallest absolute Gasteiger partial charge is 0.228 e. The van der Waals surface area contributed by atoms with Crippen LogP contribution in [0.1, 0.15) is 25.7 Å². The predicted octanol–water partition coefficient (Wildman–Crippen LogP) is 2.11. The summed E-state index contributed by atoms with van der Waals surface area (Å²) < 4.78 is 5.32. The Hall–Kier alpha value is -2.61. The summed E-state index contributed by atoms with van der Waals surface area (Å²) in [6.07, 6.45) is 1.91. The second-order valence-corrected chi connectivity index (χ2v) is 7.12. The van der Waals surface area contributed by atoms with E-state index < -0.39 is 0 Å². The van der Waals surface area contributed by atoms with E-state index in [1.807, 2.05) is 26.1 Å². The quantitative estimate of drug-likeness (QED) is 0.565. The van der Waals surface area contributed by atoms with Gasteiger partial charge in [-0.3, -0.25) is 9.79 Å². The van der Waals surface area contributed by atoms with E-state index in [0.717, 1.165) is 24.5 Å². The molecule has 150 valence electrons. The molecule has 1 fully saturated rings. The first-order valence-electron chi connectivity index (χ1n) is 9.42. The van der Waals surface area contributed by atoms with Gasteiger partial charge in [0.1, 0.15) is 0 Å². The molecule has 1 amide bonds. The van der Waals surface area contributed by atoms with Crippen molar-refractivity contribution in [3.05, 3.63) is 35.2 Å². The summed E-state index contributed by atoms with van der Waals surface area (Å²) in [6, 6.07) is 7.49. The summed E-state index contributed by atoms with van der Waals surface area (Å²) in [5.41, 5.74) is 0.855. The van der Waals surface area contributed by atoms with Gasteiger partial charge in [0.15, 0.2) is 5.96 Å². The van der Waals surface area contributed by atoms with Gasteiger partial charge in [-0.2, -0.15) is 4.98 Å². The molecule has 1 saturated heterocycles. The number of likely N-dealkylation sites (N-methyl/N-ethyl adjacent to an activating group) is 1. The van der Waals surface area contributed by atoms with Crippen LogP contribution in [0.2, 0.25) is 5.02 Å². The molecule has 1 aliphatic rings. The van der Waals surface area contributed by atoms with E-state index >= 15 is 0 Å². The molecule has 1 unspecified atom stereocenters. The number of likely N-dealkylation sites (tertiary alicyclic amines) is 1. The van der Waals surface area contributed by atoms with Crippen molar-refractivity contribution in [2.45, 2.75) is 32.2 Å². The van der Waals surface area contributed by atoms with E-state index in [2.05, 4.69) is 25.8 Å². The fourth-order valence-corrected chi connectivity index (χ4v) is 3.11. The van der Waals surface area contributed by atoms with Crippen LogP contribution in [-0.2, 0) is 11.2 Å². The lowest BCUT2D eigenvalue weighted by Gasteiger charge is -2.31. The van der Waals surface area contributed by atoms with Crippen LogP contribution in [0.15, 0.2) is 33.8 Å². The number of nitrogens with zero attached hydrogens (tertiary/aromatic N) is 4. The number of hydrogen-bond acceptors (Lipinski definition) is 5. The molecule has 1 aromatic carbocycles. The van der Waals surface area contributed by atoms with E-state index in [0.29, 0.717) is 42.7 Å². The van der Waals surface area contributed by atoms with Crippen LogP contribution in [0.3, 0.4) is 0 Å². The standard InChI is InChI=1S/C19H25ClN6O2/c1-3-21-19(23-15-8-9-17(27)26(2)12-15)22-11-10-16-24-18(25-28-16)13-4-6-14(20)7-5-13/h4-7,15H,3,8-12H2,1-2H3,(H2,21,22,23). The van der Waals surface area contributed by atoms with E-state index in [1.165, 1.54) is 0 Å². The number of aliphatic imine (C=N–C) groups is 1. The summed E-state index contributed by atoms with van der Waals surface area (Å²) in [7, 11) is 1.83. The van der Waals surface area contributed by atoms with Gasteiger partial charge in [-0.05, 0) is 37.6 Å². The lowest BCUT2D eigenvalue weighted by molar-refractivity contribution is -0.132. The second kappa shape index (κ2) is 9.54. The number of hydrogen-bond donors (Lipinski definition) is 2. The van der Waals surface area contributed by atoms with Crippen molar-refractivity contribution in [3.63, 3.8) is 0 Å². The fourth-order valence-electron chi connectivity index (χ4n) is 2.98. The molecule has 2 aromatic rings. The Labute approximate surface area is 169 Å². The van der Waals surface area contributed by atoms with Crippen LogP contribution in [0, 0.1) is 0 Å². The van der Waals surface area contributed by atoms with Gasteiger partial charge in [0, 0.05) is 49.6 Å². The van der Waals surface area contributed by atoms with Gasteiger partial charge in [0.2, 0.25) is 17.6 Å². The van der Waals surface area contributed by atoms with E-state index in [9.17, 15) is 4.79 Å². The number of amides is 1. The van der Waals surface area contributed by atoms with Gasteiger partial charge in [-0.25, -0.2) is 0 Å². The Balaban J connectivity index is 1.55. The van der Waals surface area contributed by atoms with Gasteiger partial charge in [-0.15, -0.1) is 0 Å². The zero-order valence-electron chi connectivity index (χ0n) is 16.1. The predicted molar refractivity (Wildman–Crippen MR) is 108 cm³/mol. The average Bonchev–Trinajstić information content (AvgIpc) is 3.14. The largest absolute Gasteiger partial charge is 0.357 e. The van der Waals surface area contributed by atoms with Crippen LogP contribution in [0.4, 0.5) is 0 Å². The van der Waals surface area contributed by atoms with Crippen molar-refractivity contribution >= 4 is 23.5 Å². The summed E-state index contributed by atoms with van der Waals surface area (Å²) in [5, 5.41) is 11.3. The van der Waals surface area contributed by atoms with Crippen molar-refractivity contribution in [2.24, 2.45) is 4.99 Å². The number of carbonyl (C=O) groups excluding carboxylic acids is 1. The van der Waals surface area contributed by atoms with Crippen LogP contribution in [0.5, 0.6) is 0 Å². The van der Waals surface area contributed by atoms with Crippen molar-refractivity contribution < 1.29 is 9.32 Å². The lowest BCUT2D eigenvalue weighted by atomic mass is 10.1. The lowest BCUT2D eigenvalue weighted by Crippen LogP contribution is -2.51. The minimum absolute atomic E-state index is 0.188. The minimum Gasteiger partial charge on any atom is -0.357 e. The summed E-state index contributed by atoms with van der Waals surface area (Å²) in [5.74, 6) is 1.99. The van der Waals surface area contributed by atoms with Gasteiger partial charge in [0.25, 0.3) is 0 Å². The zero-order valence-corrected chi connectivity index (χ0v) is 16.9. The number of carbonyl (C=O) groups is 1. The van der Waals surface area contributed by atoms with E-state index in [1.54, 1.807) is 17.0 Å². The minimum atomic E-state index is 0.188. The van der Waals surface area contributed by atoms with Gasteiger partial charge in [-0.1, -0.05) is 16.8 Å². The van der Waals surface area contributed by atoms with Crippen LogP contribution in [0.25, 0.3) is 11.4 Å². The molecule has 0 saturated carbocycles. The van der Waals surface area contributed by atoms with Gasteiger partial charge < -0.3 is 20.1 Å². The van der Waals surface area contributed by atoms with Crippen LogP contribution < -0.4 is 10.6 Å². The molecule has 0 bridgehead atoms. The second-order valence-electron chi connectivity index (χ2n) is 6.68. The van der Waals surface area contributed by atoms with E-state index in [4.69, 9.17) is 16.1 Å². The molecule has 3 rings (SSSR count). The normalized spacial score (nSPS) is 17.7. The van der Waals surface area contributed by atoms with Gasteiger partial charge >= 0.3 is 0 Å². The molecular weight excluding hydrogens is 380 g/mol. The third-order valence-electron chi connectivity index (χ3n) is 4.48. The number of piperidine rings is 1. The van der Waals surface area contributed by atoms with Crippen LogP contribution >= 0.6 is 11.6 Å². The number of benzene rings is 1. The Morgan fingerprint density at radius 2 is 2.18 bits per heavy atom. The molecule has 2 N–H and O–H groups in total. The molecule has 1 atom stereocenters. The molecule has 1 aliphatic heterocycles. The highest BCUT2D eigenvalue weighted by molar-refractivity contribution is 6.30. The molecule has 2 heterocycles. The number of nitrogens with one attached hydrogen (secondary N) is 2. The fraction of sp³-hybridized carbons (Fsp3) is 0.474. The Bertz CT molecular complexity index is 820. The molecule has 9 heteroatoms.